The minimum absolute atomic E-state index is 0.912. The summed E-state index contributed by atoms with van der Waals surface area (Å²) in [5, 5.41) is 0. The van der Waals surface area contributed by atoms with Crippen molar-refractivity contribution in [2.45, 2.75) is 38.5 Å². The van der Waals surface area contributed by atoms with Crippen LogP contribution < -0.4 is 0 Å². The average molecular weight is 298 g/mol. The molecular formula is C18H18O2S. The van der Waals surface area contributed by atoms with Crippen molar-refractivity contribution in [1.82, 2.24) is 0 Å². The van der Waals surface area contributed by atoms with Crippen LogP contribution in [0.4, 0.5) is 0 Å². The molecule has 0 spiro atoms. The van der Waals surface area contributed by atoms with Crippen molar-refractivity contribution < 1.29 is 8.83 Å². The first-order chi connectivity index (χ1) is 10.3. The first kappa shape index (κ1) is 13.0. The SMILES string of the molecule is c1cc2oc1CCc1ccc(o1)CCc1ccc(s1)CC2. The van der Waals surface area contributed by atoms with E-state index in [1.807, 2.05) is 11.3 Å². The Balaban J connectivity index is 1.62. The minimum atomic E-state index is 0.912. The zero-order valence-electron chi connectivity index (χ0n) is 11.9. The molecule has 0 radical (unpaired) electrons. The largest absolute Gasteiger partial charge is 0.466 e. The summed E-state index contributed by atoms with van der Waals surface area (Å²) in [4.78, 5) is 2.89. The molecule has 0 fully saturated rings. The van der Waals surface area contributed by atoms with Crippen LogP contribution in [0, 0.1) is 0 Å². The molecule has 6 bridgehead atoms. The Bertz CT molecular complexity index is 576. The van der Waals surface area contributed by atoms with Gasteiger partial charge >= 0.3 is 0 Å². The number of thiophene rings is 1. The lowest BCUT2D eigenvalue weighted by Gasteiger charge is -1.97. The predicted octanol–water partition coefficient (Wildman–Crippen LogP) is 4.60. The topological polar surface area (TPSA) is 26.3 Å². The highest BCUT2D eigenvalue weighted by Gasteiger charge is 2.09. The van der Waals surface area contributed by atoms with E-state index in [2.05, 4.69) is 36.4 Å². The summed E-state index contributed by atoms with van der Waals surface area (Å²) in [5.74, 6) is 4.30. The van der Waals surface area contributed by atoms with E-state index in [4.69, 9.17) is 8.83 Å². The molecule has 108 valence electrons. The Morgan fingerprint density at radius 2 is 0.905 bits per heavy atom. The van der Waals surface area contributed by atoms with Gasteiger partial charge in [0.25, 0.3) is 0 Å². The van der Waals surface area contributed by atoms with E-state index in [-0.39, 0.29) is 0 Å². The molecular weight excluding hydrogens is 280 g/mol. The predicted molar refractivity (Wildman–Crippen MR) is 84.0 cm³/mol. The molecule has 4 rings (SSSR count). The molecule has 21 heavy (non-hydrogen) atoms. The van der Waals surface area contributed by atoms with Crippen molar-refractivity contribution in [1.29, 1.82) is 0 Å². The minimum Gasteiger partial charge on any atom is -0.466 e. The van der Waals surface area contributed by atoms with Crippen molar-refractivity contribution in [3.05, 3.63) is 69.2 Å². The quantitative estimate of drug-likeness (QED) is 0.606. The molecule has 3 aromatic rings. The molecule has 0 saturated carbocycles. The number of rotatable bonds is 0. The number of hydrogen-bond acceptors (Lipinski definition) is 3. The van der Waals surface area contributed by atoms with Gasteiger partial charge in [0.15, 0.2) is 0 Å². The lowest BCUT2D eigenvalue weighted by Crippen LogP contribution is -1.88. The van der Waals surface area contributed by atoms with Crippen LogP contribution in [0.3, 0.4) is 0 Å². The van der Waals surface area contributed by atoms with E-state index in [0.717, 1.165) is 61.6 Å². The Labute approximate surface area is 128 Å². The van der Waals surface area contributed by atoms with E-state index in [9.17, 15) is 0 Å². The van der Waals surface area contributed by atoms with E-state index in [0.29, 0.717) is 0 Å². The monoisotopic (exact) mass is 298 g/mol. The van der Waals surface area contributed by atoms with Gasteiger partial charge in [-0.25, -0.2) is 0 Å². The van der Waals surface area contributed by atoms with Gasteiger partial charge in [0.05, 0.1) is 0 Å². The van der Waals surface area contributed by atoms with Crippen molar-refractivity contribution in [2.24, 2.45) is 0 Å². The Morgan fingerprint density at radius 3 is 1.33 bits per heavy atom. The van der Waals surface area contributed by atoms with Gasteiger partial charge in [0.1, 0.15) is 23.0 Å². The third-order valence-electron chi connectivity index (χ3n) is 4.01. The van der Waals surface area contributed by atoms with Crippen LogP contribution in [-0.4, -0.2) is 0 Å². The van der Waals surface area contributed by atoms with Crippen LogP contribution in [0.2, 0.25) is 0 Å². The second kappa shape index (κ2) is 5.57. The van der Waals surface area contributed by atoms with Crippen LogP contribution in [0.5, 0.6) is 0 Å². The maximum absolute atomic E-state index is 5.92. The zero-order valence-corrected chi connectivity index (χ0v) is 12.7. The Hall–Kier alpha value is -1.74. The van der Waals surface area contributed by atoms with Gasteiger partial charge in [-0.3, -0.25) is 0 Å². The fourth-order valence-corrected chi connectivity index (χ4v) is 3.83. The maximum atomic E-state index is 5.92. The second-order valence-electron chi connectivity index (χ2n) is 5.60. The van der Waals surface area contributed by atoms with Crippen molar-refractivity contribution in [3.8, 4) is 0 Å². The number of aryl methyl sites for hydroxylation is 6. The summed E-state index contributed by atoms with van der Waals surface area (Å²) >= 11 is 1.92. The van der Waals surface area contributed by atoms with Crippen LogP contribution in [0.15, 0.2) is 45.2 Å². The highest BCUT2D eigenvalue weighted by atomic mass is 32.1. The van der Waals surface area contributed by atoms with Gasteiger partial charge in [-0.1, -0.05) is 0 Å². The number of furan rings is 2. The summed E-state index contributed by atoms with van der Waals surface area (Å²) in [5.41, 5.74) is 0. The number of fused-ring (bicyclic) bond motifs is 6. The zero-order chi connectivity index (χ0) is 14.1. The van der Waals surface area contributed by atoms with Crippen molar-refractivity contribution >= 4 is 11.3 Å². The summed E-state index contributed by atoms with van der Waals surface area (Å²) in [7, 11) is 0. The third-order valence-corrected chi connectivity index (χ3v) is 5.21. The normalized spacial score (nSPS) is 15.4. The fourth-order valence-electron chi connectivity index (χ4n) is 2.81. The maximum Gasteiger partial charge on any atom is 0.104 e. The summed E-state index contributed by atoms with van der Waals surface area (Å²) < 4.78 is 11.8. The summed E-state index contributed by atoms with van der Waals surface area (Å²) in [6.45, 7) is 0. The third kappa shape index (κ3) is 2.98. The highest BCUT2D eigenvalue weighted by molar-refractivity contribution is 7.11. The van der Waals surface area contributed by atoms with Gasteiger partial charge in [0.2, 0.25) is 0 Å². The van der Waals surface area contributed by atoms with Crippen LogP contribution in [-0.2, 0) is 38.5 Å². The average Bonchev–Trinajstić information content (AvgIpc) is 3.21. The molecule has 1 aliphatic rings. The second-order valence-corrected chi connectivity index (χ2v) is 6.86. The smallest absolute Gasteiger partial charge is 0.104 e. The number of hydrogen-bond donors (Lipinski definition) is 0. The molecule has 0 N–H and O–H groups in total. The molecule has 0 saturated heterocycles. The van der Waals surface area contributed by atoms with Gasteiger partial charge in [0, 0.05) is 35.4 Å². The molecule has 3 aromatic heterocycles. The first-order valence-corrected chi connectivity index (χ1v) is 8.39. The standard InChI is InChI=1S/C18H18O2S/c1-2-14-4-6-16(20-14)8-10-18-12-11-17(21-18)9-7-15-5-3-13(1)19-15/h3-6,11-12H,1-2,7-10H2. The van der Waals surface area contributed by atoms with Crippen LogP contribution in [0.25, 0.3) is 0 Å². The molecule has 0 aliphatic carbocycles. The van der Waals surface area contributed by atoms with E-state index in [1.165, 1.54) is 9.75 Å². The molecule has 3 heteroatoms. The Kier molecular flexibility index (Phi) is 3.44. The Morgan fingerprint density at radius 1 is 0.524 bits per heavy atom. The van der Waals surface area contributed by atoms with Gasteiger partial charge in [-0.2, -0.15) is 0 Å². The van der Waals surface area contributed by atoms with E-state index >= 15 is 0 Å². The first-order valence-electron chi connectivity index (χ1n) is 7.58. The molecule has 0 unspecified atom stereocenters. The van der Waals surface area contributed by atoms with Gasteiger partial charge in [-0.05, 0) is 49.2 Å². The molecule has 4 heterocycles. The van der Waals surface area contributed by atoms with Gasteiger partial charge < -0.3 is 8.83 Å². The van der Waals surface area contributed by atoms with E-state index in [1.54, 1.807) is 0 Å². The van der Waals surface area contributed by atoms with Crippen molar-refractivity contribution in [3.63, 3.8) is 0 Å². The molecule has 1 aliphatic heterocycles. The molecule has 2 nitrogen and oxygen atoms in total. The highest BCUT2D eigenvalue weighted by Crippen LogP contribution is 2.23. The molecule has 0 atom stereocenters. The van der Waals surface area contributed by atoms with E-state index < -0.39 is 0 Å². The molecule has 0 aromatic carbocycles. The molecule has 0 amide bonds. The van der Waals surface area contributed by atoms with Crippen LogP contribution in [0.1, 0.15) is 32.8 Å². The fraction of sp³-hybridized carbons (Fsp3) is 0.333. The summed E-state index contributed by atoms with van der Waals surface area (Å²) in [6, 6.07) is 12.9. The van der Waals surface area contributed by atoms with Crippen LogP contribution >= 0.6 is 11.3 Å². The summed E-state index contributed by atoms with van der Waals surface area (Å²) in [6.07, 6.45) is 5.95. The van der Waals surface area contributed by atoms with Gasteiger partial charge in [-0.15, -0.1) is 11.3 Å². The lowest BCUT2D eigenvalue weighted by molar-refractivity contribution is 0.436. The van der Waals surface area contributed by atoms with Crippen molar-refractivity contribution in [2.75, 3.05) is 0 Å². The lowest BCUT2D eigenvalue weighted by atomic mass is 10.2.